The van der Waals surface area contributed by atoms with Crippen molar-refractivity contribution in [2.45, 2.75) is 26.5 Å². The highest BCUT2D eigenvalue weighted by Gasteiger charge is 2.06. The Kier molecular flexibility index (Phi) is 3.84. The molecule has 3 nitrogen and oxygen atoms in total. The number of imidazole rings is 1. The van der Waals surface area contributed by atoms with E-state index in [9.17, 15) is 0 Å². The molecule has 0 aliphatic carbocycles. The van der Waals surface area contributed by atoms with Crippen LogP contribution in [0.3, 0.4) is 0 Å². The second-order valence-electron chi connectivity index (χ2n) is 4.09. The van der Waals surface area contributed by atoms with E-state index in [1.54, 1.807) is 6.20 Å². The van der Waals surface area contributed by atoms with Crippen LogP contribution >= 0.6 is 15.9 Å². The predicted molar refractivity (Wildman–Crippen MR) is 71.1 cm³/mol. The van der Waals surface area contributed by atoms with Gasteiger partial charge in [-0.15, -0.1) is 0 Å². The zero-order valence-electron chi connectivity index (χ0n) is 9.93. The van der Waals surface area contributed by atoms with Crippen LogP contribution in [0.2, 0.25) is 0 Å². The van der Waals surface area contributed by atoms with Gasteiger partial charge in [-0.05, 0) is 32.0 Å². The zero-order valence-corrected chi connectivity index (χ0v) is 11.5. The van der Waals surface area contributed by atoms with E-state index >= 15 is 0 Å². The molecule has 17 heavy (non-hydrogen) atoms. The Balaban J connectivity index is 2.05. The molecule has 4 heteroatoms. The van der Waals surface area contributed by atoms with E-state index in [4.69, 9.17) is 4.74 Å². The minimum absolute atomic E-state index is 0.401. The molecule has 0 bridgehead atoms. The summed E-state index contributed by atoms with van der Waals surface area (Å²) in [6, 6.07) is 8.21. The summed E-state index contributed by atoms with van der Waals surface area (Å²) < 4.78 is 8.83. The van der Waals surface area contributed by atoms with E-state index < -0.39 is 0 Å². The maximum atomic E-state index is 5.71. The fourth-order valence-electron chi connectivity index (χ4n) is 1.63. The van der Waals surface area contributed by atoms with Gasteiger partial charge in [0.05, 0.1) is 0 Å². The first-order valence-corrected chi connectivity index (χ1v) is 6.36. The van der Waals surface area contributed by atoms with Crippen molar-refractivity contribution in [2.24, 2.45) is 0 Å². The fourth-order valence-corrected chi connectivity index (χ4v) is 2.01. The van der Waals surface area contributed by atoms with Gasteiger partial charge in [-0.25, -0.2) is 4.98 Å². The number of benzene rings is 1. The van der Waals surface area contributed by atoms with Crippen LogP contribution in [0.4, 0.5) is 0 Å². The van der Waals surface area contributed by atoms with Crippen LogP contribution in [0.1, 0.15) is 25.7 Å². The van der Waals surface area contributed by atoms with Crippen LogP contribution in [0.5, 0.6) is 5.75 Å². The zero-order chi connectivity index (χ0) is 12.3. The molecule has 2 aromatic rings. The Morgan fingerprint density at radius 1 is 1.41 bits per heavy atom. The quantitative estimate of drug-likeness (QED) is 0.857. The first-order chi connectivity index (χ1) is 8.16. The summed E-state index contributed by atoms with van der Waals surface area (Å²) in [4.78, 5) is 4.30. The van der Waals surface area contributed by atoms with Gasteiger partial charge in [0.2, 0.25) is 0 Å². The lowest BCUT2D eigenvalue weighted by Gasteiger charge is -2.12. The second-order valence-corrected chi connectivity index (χ2v) is 5.01. The minimum atomic E-state index is 0.401. The van der Waals surface area contributed by atoms with Crippen molar-refractivity contribution in [1.29, 1.82) is 0 Å². The number of rotatable bonds is 4. The number of halogens is 1. The standard InChI is InChI=1S/C13H15BrN2O/c1-10(2)16-7-6-15-13(16)9-17-12-5-3-4-11(14)8-12/h3-8,10H,9H2,1-2H3. The molecule has 0 unspecified atom stereocenters. The van der Waals surface area contributed by atoms with Crippen LogP contribution in [-0.2, 0) is 6.61 Å². The van der Waals surface area contributed by atoms with Gasteiger partial charge in [-0.1, -0.05) is 22.0 Å². The van der Waals surface area contributed by atoms with E-state index in [0.717, 1.165) is 16.0 Å². The van der Waals surface area contributed by atoms with Crippen molar-refractivity contribution in [2.75, 3.05) is 0 Å². The molecule has 0 spiro atoms. The fraction of sp³-hybridized carbons (Fsp3) is 0.308. The molecular formula is C13H15BrN2O. The molecule has 0 N–H and O–H groups in total. The van der Waals surface area contributed by atoms with E-state index in [0.29, 0.717) is 12.6 Å². The van der Waals surface area contributed by atoms with Crippen molar-refractivity contribution in [3.8, 4) is 5.75 Å². The Hall–Kier alpha value is -1.29. The summed E-state index contributed by atoms with van der Waals surface area (Å²) in [6.07, 6.45) is 3.78. The molecule has 0 radical (unpaired) electrons. The van der Waals surface area contributed by atoms with Crippen molar-refractivity contribution in [3.05, 3.63) is 47.0 Å². The molecule has 0 fully saturated rings. The van der Waals surface area contributed by atoms with Crippen LogP contribution < -0.4 is 4.74 Å². The van der Waals surface area contributed by atoms with Crippen molar-refractivity contribution in [3.63, 3.8) is 0 Å². The molecule has 0 aliphatic rings. The second kappa shape index (κ2) is 5.36. The lowest BCUT2D eigenvalue weighted by Crippen LogP contribution is -2.08. The lowest BCUT2D eigenvalue weighted by atomic mass is 10.3. The largest absolute Gasteiger partial charge is 0.486 e. The van der Waals surface area contributed by atoms with Crippen molar-refractivity contribution >= 4 is 15.9 Å². The molecule has 0 aliphatic heterocycles. The minimum Gasteiger partial charge on any atom is -0.486 e. The van der Waals surface area contributed by atoms with E-state index in [1.165, 1.54) is 0 Å². The van der Waals surface area contributed by atoms with Gasteiger partial charge in [0.1, 0.15) is 18.2 Å². The van der Waals surface area contributed by atoms with E-state index in [2.05, 4.69) is 39.3 Å². The number of hydrogen-bond acceptors (Lipinski definition) is 2. The van der Waals surface area contributed by atoms with Crippen molar-refractivity contribution in [1.82, 2.24) is 9.55 Å². The van der Waals surface area contributed by atoms with Gasteiger partial charge >= 0.3 is 0 Å². The maximum absolute atomic E-state index is 5.71. The van der Waals surface area contributed by atoms with E-state index in [-0.39, 0.29) is 0 Å². The summed E-state index contributed by atoms with van der Waals surface area (Å²) >= 11 is 3.42. The Labute approximate surface area is 110 Å². The van der Waals surface area contributed by atoms with Gasteiger partial charge in [0.15, 0.2) is 0 Å². The van der Waals surface area contributed by atoms with Gasteiger partial charge in [-0.2, -0.15) is 0 Å². The lowest BCUT2D eigenvalue weighted by molar-refractivity contribution is 0.286. The van der Waals surface area contributed by atoms with Crippen LogP contribution in [0.25, 0.3) is 0 Å². The molecule has 0 saturated heterocycles. The Morgan fingerprint density at radius 2 is 2.24 bits per heavy atom. The number of hydrogen-bond donors (Lipinski definition) is 0. The molecular weight excluding hydrogens is 280 g/mol. The van der Waals surface area contributed by atoms with Crippen LogP contribution in [-0.4, -0.2) is 9.55 Å². The monoisotopic (exact) mass is 294 g/mol. The normalized spacial score (nSPS) is 10.8. The predicted octanol–water partition coefficient (Wildman–Crippen LogP) is 3.81. The number of nitrogens with zero attached hydrogens (tertiary/aromatic N) is 2. The highest BCUT2D eigenvalue weighted by atomic mass is 79.9. The molecule has 0 atom stereocenters. The Morgan fingerprint density at radius 3 is 2.94 bits per heavy atom. The molecule has 1 heterocycles. The van der Waals surface area contributed by atoms with Gasteiger partial charge < -0.3 is 9.30 Å². The highest BCUT2D eigenvalue weighted by molar-refractivity contribution is 9.10. The van der Waals surface area contributed by atoms with Gasteiger partial charge in [0.25, 0.3) is 0 Å². The topological polar surface area (TPSA) is 27.1 Å². The summed E-state index contributed by atoms with van der Waals surface area (Å²) in [5.41, 5.74) is 0. The highest BCUT2D eigenvalue weighted by Crippen LogP contribution is 2.19. The number of aromatic nitrogens is 2. The maximum Gasteiger partial charge on any atom is 0.146 e. The SMILES string of the molecule is CC(C)n1ccnc1COc1cccc(Br)c1. The number of ether oxygens (including phenoxy) is 1. The van der Waals surface area contributed by atoms with Crippen molar-refractivity contribution < 1.29 is 4.74 Å². The van der Waals surface area contributed by atoms with E-state index in [1.807, 2.05) is 30.5 Å². The van der Waals surface area contributed by atoms with Crippen LogP contribution in [0.15, 0.2) is 41.1 Å². The summed E-state index contributed by atoms with van der Waals surface area (Å²) in [5, 5.41) is 0. The molecule has 90 valence electrons. The first kappa shape index (κ1) is 12.2. The molecule has 1 aromatic heterocycles. The molecule has 1 aromatic carbocycles. The third kappa shape index (κ3) is 3.09. The Bertz CT molecular complexity index is 494. The summed E-state index contributed by atoms with van der Waals surface area (Å²) in [6.45, 7) is 4.75. The molecule has 0 amide bonds. The average Bonchev–Trinajstić information content (AvgIpc) is 2.74. The van der Waals surface area contributed by atoms with Gasteiger partial charge in [0, 0.05) is 22.9 Å². The smallest absolute Gasteiger partial charge is 0.146 e. The van der Waals surface area contributed by atoms with Gasteiger partial charge in [-0.3, -0.25) is 0 Å². The summed E-state index contributed by atoms with van der Waals surface area (Å²) in [5.74, 6) is 1.79. The first-order valence-electron chi connectivity index (χ1n) is 5.57. The third-order valence-corrected chi connectivity index (χ3v) is 2.96. The molecule has 0 saturated carbocycles. The third-order valence-electron chi connectivity index (χ3n) is 2.47. The summed E-state index contributed by atoms with van der Waals surface area (Å²) in [7, 11) is 0. The van der Waals surface area contributed by atoms with Crippen LogP contribution in [0, 0.1) is 0 Å². The average molecular weight is 295 g/mol. The molecule has 2 rings (SSSR count).